The van der Waals surface area contributed by atoms with Gasteiger partial charge in [-0.3, -0.25) is 4.79 Å². The Labute approximate surface area is 128 Å². The van der Waals surface area contributed by atoms with Crippen LogP contribution in [0.25, 0.3) is 0 Å². The van der Waals surface area contributed by atoms with Crippen LogP contribution in [0.5, 0.6) is 0 Å². The van der Waals surface area contributed by atoms with Gasteiger partial charge < -0.3 is 15.7 Å². The molecule has 0 heterocycles. The third-order valence-corrected chi connectivity index (χ3v) is 4.01. The van der Waals surface area contributed by atoms with Gasteiger partial charge in [-0.25, -0.2) is 4.79 Å². The quantitative estimate of drug-likeness (QED) is 0.755. The number of nitrogens with one attached hydrogen (secondary N) is 2. The van der Waals surface area contributed by atoms with Crippen LogP contribution in [0, 0.1) is 5.92 Å². The average molecular weight is 311 g/mol. The number of rotatable bonds is 6. The van der Waals surface area contributed by atoms with Crippen LogP contribution in [0.2, 0.25) is 5.02 Å². The van der Waals surface area contributed by atoms with E-state index < -0.39 is 5.97 Å². The van der Waals surface area contributed by atoms with E-state index >= 15 is 0 Å². The first-order valence-corrected chi connectivity index (χ1v) is 7.47. The minimum absolute atomic E-state index is 0.0913. The molecule has 0 atom stereocenters. The zero-order chi connectivity index (χ0) is 15.2. The van der Waals surface area contributed by atoms with Gasteiger partial charge in [-0.2, -0.15) is 0 Å². The normalized spacial score (nSPS) is 15.1. The lowest BCUT2D eigenvalue weighted by atomic mass is 10.1. The zero-order valence-corrected chi connectivity index (χ0v) is 12.4. The van der Waals surface area contributed by atoms with Gasteiger partial charge in [0.1, 0.15) is 0 Å². The number of carboxylic acids is 1. The van der Waals surface area contributed by atoms with E-state index in [1.54, 1.807) is 0 Å². The van der Waals surface area contributed by atoms with Crippen LogP contribution in [0.15, 0.2) is 18.2 Å². The molecule has 0 bridgehead atoms. The van der Waals surface area contributed by atoms with Crippen LogP contribution in [-0.4, -0.2) is 30.1 Å². The minimum Gasteiger partial charge on any atom is -0.478 e. The Bertz CT molecular complexity index is 528. The Balaban J connectivity index is 1.84. The fourth-order valence-electron chi connectivity index (χ4n) is 2.55. The molecule has 1 amide bonds. The number of amides is 1. The van der Waals surface area contributed by atoms with Crippen LogP contribution < -0.4 is 10.6 Å². The van der Waals surface area contributed by atoms with Gasteiger partial charge in [0.15, 0.2) is 0 Å². The summed E-state index contributed by atoms with van der Waals surface area (Å²) in [7, 11) is 0. The first-order valence-electron chi connectivity index (χ1n) is 7.09. The number of carbonyl (C=O) groups excluding carboxylic acids is 1. The summed E-state index contributed by atoms with van der Waals surface area (Å²) in [5, 5.41) is 15.0. The van der Waals surface area contributed by atoms with Crippen molar-refractivity contribution in [1.29, 1.82) is 0 Å². The van der Waals surface area contributed by atoms with Crippen molar-refractivity contribution in [2.45, 2.75) is 25.7 Å². The SMILES string of the molecule is O=C(CNCC1CCCC1)Nc1cc(C(=O)O)ccc1Cl. The summed E-state index contributed by atoms with van der Waals surface area (Å²) in [4.78, 5) is 22.7. The lowest BCUT2D eigenvalue weighted by Gasteiger charge is -2.11. The van der Waals surface area contributed by atoms with Gasteiger partial charge in [0, 0.05) is 0 Å². The van der Waals surface area contributed by atoms with Crippen molar-refractivity contribution < 1.29 is 14.7 Å². The average Bonchev–Trinajstić information content (AvgIpc) is 2.94. The monoisotopic (exact) mass is 310 g/mol. The van der Waals surface area contributed by atoms with Crippen LogP contribution in [0.3, 0.4) is 0 Å². The molecule has 2 rings (SSSR count). The van der Waals surface area contributed by atoms with Crippen LogP contribution in [-0.2, 0) is 4.79 Å². The zero-order valence-electron chi connectivity index (χ0n) is 11.7. The summed E-state index contributed by atoms with van der Waals surface area (Å²) < 4.78 is 0. The van der Waals surface area contributed by atoms with Crippen LogP contribution in [0.4, 0.5) is 5.69 Å². The number of carboxylic acid groups (broad SMARTS) is 1. The molecule has 1 aliphatic rings. The van der Waals surface area contributed by atoms with E-state index in [9.17, 15) is 9.59 Å². The number of aromatic carboxylic acids is 1. The molecule has 0 unspecified atom stereocenters. The largest absolute Gasteiger partial charge is 0.478 e. The standard InChI is InChI=1S/C15H19ClN2O3/c16-12-6-5-11(15(20)21)7-13(12)18-14(19)9-17-8-10-3-1-2-4-10/h5-7,10,17H,1-4,8-9H2,(H,18,19)(H,20,21). The van der Waals surface area contributed by atoms with Crippen LogP contribution in [0.1, 0.15) is 36.0 Å². The van der Waals surface area contributed by atoms with E-state index in [-0.39, 0.29) is 18.0 Å². The predicted molar refractivity (Wildman–Crippen MR) is 81.9 cm³/mol. The molecule has 114 valence electrons. The Morgan fingerprint density at radius 2 is 2.00 bits per heavy atom. The summed E-state index contributed by atoms with van der Waals surface area (Å²) in [6.45, 7) is 1.04. The molecule has 21 heavy (non-hydrogen) atoms. The summed E-state index contributed by atoms with van der Waals surface area (Å²) in [5.41, 5.74) is 0.415. The maximum absolute atomic E-state index is 11.8. The molecule has 3 N–H and O–H groups in total. The maximum atomic E-state index is 11.8. The molecule has 0 spiro atoms. The van der Waals surface area contributed by atoms with Crippen molar-refractivity contribution in [2.24, 2.45) is 5.92 Å². The highest BCUT2D eigenvalue weighted by Crippen LogP contribution is 2.24. The molecule has 1 aliphatic carbocycles. The Hall–Kier alpha value is -1.59. The summed E-state index contributed by atoms with van der Waals surface area (Å²) >= 11 is 5.95. The van der Waals surface area contributed by atoms with E-state index in [0.717, 1.165) is 6.54 Å². The molecule has 1 aromatic rings. The predicted octanol–water partition coefficient (Wildman–Crippen LogP) is 2.76. The van der Waals surface area contributed by atoms with Crippen molar-refractivity contribution in [3.8, 4) is 0 Å². The van der Waals surface area contributed by atoms with E-state index in [2.05, 4.69) is 10.6 Å². The second kappa shape index (κ2) is 7.43. The molecule has 0 radical (unpaired) electrons. The minimum atomic E-state index is -1.05. The van der Waals surface area contributed by atoms with Crippen molar-refractivity contribution >= 4 is 29.2 Å². The van der Waals surface area contributed by atoms with Crippen molar-refractivity contribution in [2.75, 3.05) is 18.4 Å². The Morgan fingerprint density at radius 1 is 1.29 bits per heavy atom. The van der Waals surface area contributed by atoms with E-state index in [1.165, 1.54) is 43.9 Å². The third-order valence-electron chi connectivity index (χ3n) is 3.68. The second-order valence-electron chi connectivity index (χ2n) is 5.33. The second-order valence-corrected chi connectivity index (χ2v) is 5.74. The highest BCUT2D eigenvalue weighted by Gasteiger charge is 2.15. The molecule has 0 saturated heterocycles. The van der Waals surface area contributed by atoms with Crippen molar-refractivity contribution in [3.63, 3.8) is 0 Å². The maximum Gasteiger partial charge on any atom is 0.335 e. The highest BCUT2D eigenvalue weighted by molar-refractivity contribution is 6.33. The Morgan fingerprint density at radius 3 is 2.67 bits per heavy atom. The summed E-state index contributed by atoms with van der Waals surface area (Å²) in [6, 6.07) is 4.23. The molecule has 0 aliphatic heterocycles. The number of hydrogen-bond donors (Lipinski definition) is 3. The third kappa shape index (κ3) is 4.72. The Kier molecular flexibility index (Phi) is 5.59. The van der Waals surface area contributed by atoms with Crippen molar-refractivity contribution in [3.05, 3.63) is 28.8 Å². The highest BCUT2D eigenvalue weighted by atomic mass is 35.5. The van der Waals surface area contributed by atoms with E-state index in [0.29, 0.717) is 16.6 Å². The summed E-state index contributed by atoms with van der Waals surface area (Å²) in [5.74, 6) is -0.615. The van der Waals surface area contributed by atoms with E-state index in [4.69, 9.17) is 16.7 Å². The van der Waals surface area contributed by atoms with Crippen LogP contribution >= 0.6 is 11.6 Å². The van der Waals surface area contributed by atoms with Gasteiger partial charge in [0.05, 0.1) is 22.8 Å². The van der Waals surface area contributed by atoms with E-state index in [1.807, 2.05) is 0 Å². The molecule has 5 nitrogen and oxygen atoms in total. The van der Waals surface area contributed by atoms with Crippen molar-refractivity contribution in [1.82, 2.24) is 5.32 Å². The number of anilines is 1. The molecule has 1 fully saturated rings. The summed E-state index contributed by atoms with van der Waals surface area (Å²) in [6.07, 6.45) is 4.99. The number of benzene rings is 1. The lowest BCUT2D eigenvalue weighted by Crippen LogP contribution is -2.31. The molecule has 1 aromatic carbocycles. The van der Waals surface area contributed by atoms with Gasteiger partial charge in [-0.15, -0.1) is 0 Å². The van der Waals surface area contributed by atoms with Gasteiger partial charge in [0.25, 0.3) is 0 Å². The molecule has 1 saturated carbocycles. The van der Waals surface area contributed by atoms with Gasteiger partial charge >= 0.3 is 5.97 Å². The molecule has 6 heteroatoms. The first-order chi connectivity index (χ1) is 10.1. The smallest absolute Gasteiger partial charge is 0.335 e. The lowest BCUT2D eigenvalue weighted by molar-refractivity contribution is -0.115. The fraction of sp³-hybridized carbons (Fsp3) is 0.467. The van der Waals surface area contributed by atoms with Gasteiger partial charge in [-0.05, 0) is 43.5 Å². The van der Waals surface area contributed by atoms with Gasteiger partial charge in [-0.1, -0.05) is 24.4 Å². The topological polar surface area (TPSA) is 78.4 Å². The number of halogens is 1. The van der Waals surface area contributed by atoms with Gasteiger partial charge in [0.2, 0.25) is 5.91 Å². The number of hydrogen-bond acceptors (Lipinski definition) is 3. The molecular formula is C15H19ClN2O3. The molecular weight excluding hydrogens is 292 g/mol. The number of carbonyl (C=O) groups is 2. The first kappa shape index (κ1) is 15.8. The fourth-order valence-corrected chi connectivity index (χ4v) is 2.72. The molecule has 0 aromatic heterocycles.